The smallest absolute Gasteiger partial charge is 0.414 e. The van der Waals surface area contributed by atoms with Crippen molar-refractivity contribution in [1.29, 1.82) is 0 Å². The Morgan fingerprint density at radius 2 is 1.83 bits per heavy atom. The fourth-order valence-corrected chi connectivity index (χ4v) is 6.44. The number of aliphatic hydroxyl groups excluding tert-OH is 1. The van der Waals surface area contributed by atoms with Gasteiger partial charge in [-0.2, -0.15) is 4.31 Å². The molecule has 1 fully saturated rings. The van der Waals surface area contributed by atoms with Crippen LogP contribution in [0.25, 0.3) is 11.2 Å². The number of rotatable bonds is 11. The first kappa shape index (κ1) is 28.5. The van der Waals surface area contributed by atoms with Crippen molar-refractivity contribution in [2.45, 2.75) is 62.4 Å². The number of furan rings is 2. The van der Waals surface area contributed by atoms with E-state index < -0.39 is 28.4 Å². The van der Waals surface area contributed by atoms with Crippen LogP contribution in [0.5, 0.6) is 17.2 Å². The number of benzene rings is 2. The van der Waals surface area contributed by atoms with Crippen LogP contribution >= 0.6 is 0 Å². The third-order valence-electron chi connectivity index (χ3n) is 6.92. The molecule has 1 aliphatic rings. The van der Waals surface area contributed by atoms with Crippen LogP contribution in [0.4, 0.5) is 4.79 Å². The SMILES string of the molecule is COc1ccc(S(=O)(=O)N(Cc2ccccc2)[C@H](NC(=O)Oc2coc3occc23)[C@@H](C)O)cc1OC1CCCC1. The Hall–Kier alpha value is -4.00. The van der Waals surface area contributed by atoms with Crippen molar-refractivity contribution >= 4 is 27.3 Å². The van der Waals surface area contributed by atoms with Crippen LogP contribution in [-0.4, -0.2) is 49.4 Å². The molecule has 1 aliphatic carbocycles. The summed E-state index contributed by atoms with van der Waals surface area (Å²) in [5.41, 5.74) is 0.641. The first-order chi connectivity index (χ1) is 19.8. The number of fused-ring (bicyclic) bond motifs is 1. The van der Waals surface area contributed by atoms with Crippen LogP contribution in [0, 0.1) is 0 Å². The zero-order valence-electron chi connectivity index (χ0n) is 22.7. The van der Waals surface area contributed by atoms with Crippen LogP contribution in [-0.2, 0) is 16.6 Å². The Morgan fingerprint density at radius 1 is 1.07 bits per heavy atom. The summed E-state index contributed by atoms with van der Waals surface area (Å²) < 4.78 is 56.7. The lowest BCUT2D eigenvalue weighted by Gasteiger charge is -2.33. The molecular formula is C29H32N2O9S. The van der Waals surface area contributed by atoms with Gasteiger partial charge in [0.25, 0.3) is 0 Å². The van der Waals surface area contributed by atoms with Gasteiger partial charge in [-0.3, -0.25) is 0 Å². The highest BCUT2D eigenvalue weighted by molar-refractivity contribution is 7.89. The van der Waals surface area contributed by atoms with Gasteiger partial charge in [0, 0.05) is 12.6 Å². The van der Waals surface area contributed by atoms with Gasteiger partial charge in [-0.25, -0.2) is 13.2 Å². The molecule has 1 amide bonds. The fraction of sp³-hybridized carbons (Fsp3) is 0.345. The van der Waals surface area contributed by atoms with E-state index in [1.54, 1.807) is 30.3 Å². The quantitative estimate of drug-likeness (QED) is 0.232. The summed E-state index contributed by atoms with van der Waals surface area (Å²) in [5, 5.41) is 13.7. The molecule has 4 aromatic rings. The zero-order chi connectivity index (χ0) is 29.0. The van der Waals surface area contributed by atoms with Gasteiger partial charge in [-0.05, 0) is 56.4 Å². The first-order valence-corrected chi connectivity index (χ1v) is 14.7. The maximum Gasteiger partial charge on any atom is 0.414 e. The number of ether oxygens (including phenoxy) is 3. The number of aliphatic hydroxyl groups is 1. The van der Waals surface area contributed by atoms with Crippen LogP contribution < -0.4 is 19.5 Å². The van der Waals surface area contributed by atoms with Gasteiger partial charge in [-0.15, -0.1) is 0 Å². The Bertz CT molecular complexity index is 1570. The first-order valence-electron chi connectivity index (χ1n) is 13.3. The Kier molecular flexibility index (Phi) is 8.52. The van der Waals surface area contributed by atoms with E-state index in [0.29, 0.717) is 22.4 Å². The molecule has 2 atom stereocenters. The summed E-state index contributed by atoms with van der Waals surface area (Å²) in [6, 6.07) is 14.8. The third-order valence-corrected chi connectivity index (χ3v) is 8.75. The molecule has 218 valence electrons. The van der Waals surface area contributed by atoms with Gasteiger partial charge in [0.2, 0.25) is 10.0 Å². The molecule has 2 heterocycles. The normalized spacial score (nSPS) is 15.6. The second kappa shape index (κ2) is 12.2. The fourth-order valence-electron chi connectivity index (χ4n) is 4.83. The Morgan fingerprint density at radius 3 is 2.54 bits per heavy atom. The lowest BCUT2D eigenvalue weighted by Crippen LogP contribution is -2.56. The van der Waals surface area contributed by atoms with E-state index in [1.165, 1.54) is 44.8 Å². The van der Waals surface area contributed by atoms with Gasteiger partial charge < -0.3 is 33.5 Å². The van der Waals surface area contributed by atoms with E-state index in [9.17, 15) is 18.3 Å². The molecule has 2 aromatic carbocycles. The van der Waals surface area contributed by atoms with Crippen molar-refractivity contribution in [2.75, 3.05) is 7.11 Å². The Balaban J connectivity index is 1.47. The molecule has 12 heteroatoms. The predicted molar refractivity (Wildman–Crippen MR) is 148 cm³/mol. The molecule has 0 bridgehead atoms. The summed E-state index contributed by atoms with van der Waals surface area (Å²) in [6.07, 6.45) is 2.65. The van der Waals surface area contributed by atoms with Crippen molar-refractivity contribution in [3.8, 4) is 17.2 Å². The average Bonchev–Trinajstić information content (AvgIpc) is 3.72. The molecule has 2 aromatic heterocycles. The molecule has 0 saturated heterocycles. The predicted octanol–water partition coefficient (Wildman–Crippen LogP) is 5.04. The molecule has 0 spiro atoms. The second-order valence-corrected chi connectivity index (χ2v) is 11.7. The maximum atomic E-state index is 14.2. The number of methoxy groups -OCH3 is 1. The molecule has 0 aliphatic heterocycles. The van der Waals surface area contributed by atoms with E-state index in [0.717, 1.165) is 30.0 Å². The summed E-state index contributed by atoms with van der Waals surface area (Å²) in [7, 11) is -2.83. The van der Waals surface area contributed by atoms with E-state index >= 15 is 0 Å². The van der Waals surface area contributed by atoms with Crippen molar-refractivity contribution in [3.05, 3.63) is 72.7 Å². The number of hydrogen-bond donors (Lipinski definition) is 2. The van der Waals surface area contributed by atoms with Crippen molar-refractivity contribution in [3.63, 3.8) is 0 Å². The molecule has 1 saturated carbocycles. The number of nitrogens with one attached hydrogen (secondary N) is 1. The highest BCUT2D eigenvalue weighted by Crippen LogP contribution is 2.35. The van der Waals surface area contributed by atoms with Crippen LogP contribution in [0.2, 0.25) is 0 Å². The summed E-state index contributed by atoms with van der Waals surface area (Å²) in [4.78, 5) is 12.9. The largest absolute Gasteiger partial charge is 0.493 e. The molecular weight excluding hydrogens is 552 g/mol. The molecule has 0 unspecified atom stereocenters. The van der Waals surface area contributed by atoms with Gasteiger partial charge in [0.1, 0.15) is 17.8 Å². The van der Waals surface area contributed by atoms with E-state index in [4.69, 9.17) is 23.0 Å². The summed E-state index contributed by atoms with van der Waals surface area (Å²) in [6.45, 7) is 1.23. The Labute approximate surface area is 237 Å². The highest BCUT2D eigenvalue weighted by Gasteiger charge is 2.37. The monoisotopic (exact) mass is 584 g/mol. The van der Waals surface area contributed by atoms with Crippen LogP contribution in [0.15, 0.2) is 80.9 Å². The standard InChI is InChI=1S/C29H32N2O9S/c1-19(32)27(30-29(33)40-26-18-38-28-23(26)14-15-37-28)31(17-20-8-4-3-5-9-20)41(34,35)22-12-13-24(36-2)25(16-22)39-21-10-6-7-11-21/h3-5,8-9,12-16,18-19,21,27,32H,6-7,10-11,17H2,1-2H3,(H,30,33)/t19-,27+/m1/s1. The van der Waals surface area contributed by atoms with Crippen molar-refractivity contribution in [1.82, 2.24) is 9.62 Å². The molecule has 11 nitrogen and oxygen atoms in total. The molecule has 5 rings (SSSR count). The minimum Gasteiger partial charge on any atom is -0.493 e. The number of hydrogen-bond acceptors (Lipinski definition) is 9. The van der Waals surface area contributed by atoms with Crippen molar-refractivity contribution < 1.29 is 41.4 Å². The highest BCUT2D eigenvalue weighted by atomic mass is 32.2. The second-order valence-electron chi connectivity index (χ2n) is 9.81. The number of carbonyl (C=O) groups excluding carboxylic acids is 1. The van der Waals surface area contributed by atoms with Gasteiger partial charge in [0.15, 0.2) is 17.2 Å². The number of nitrogens with zero attached hydrogens (tertiary/aromatic N) is 1. The van der Waals surface area contributed by atoms with Gasteiger partial charge in [-0.1, -0.05) is 30.3 Å². The maximum absolute atomic E-state index is 14.2. The molecule has 2 N–H and O–H groups in total. The third kappa shape index (κ3) is 6.34. The van der Waals surface area contributed by atoms with Crippen LogP contribution in [0.1, 0.15) is 38.2 Å². The number of carbonyl (C=O) groups is 1. The molecule has 41 heavy (non-hydrogen) atoms. The topological polar surface area (TPSA) is 141 Å². The summed E-state index contributed by atoms with van der Waals surface area (Å²) >= 11 is 0. The lowest BCUT2D eigenvalue weighted by atomic mass is 10.2. The minimum atomic E-state index is -4.32. The van der Waals surface area contributed by atoms with Crippen molar-refractivity contribution in [2.24, 2.45) is 0 Å². The van der Waals surface area contributed by atoms with Gasteiger partial charge >= 0.3 is 11.9 Å². The van der Waals surface area contributed by atoms with Crippen LogP contribution in [0.3, 0.4) is 0 Å². The van der Waals surface area contributed by atoms with Gasteiger partial charge in [0.05, 0.1) is 30.5 Å². The van der Waals surface area contributed by atoms with E-state index in [-0.39, 0.29) is 29.1 Å². The number of sulfonamides is 1. The minimum absolute atomic E-state index is 0.0338. The van der Waals surface area contributed by atoms with E-state index in [2.05, 4.69) is 5.32 Å². The molecule has 0 radical (unpaired) electrons. The summed E-state index contributed by atoms with van der Waals surface area (Å²) in [5.74, 6) is 0.968. The zero-order valence-corrected chi connectivity index (χ0v) is 23.5. The lowest BCUT2D eigenvalue weighted by molar-refractivity contribution is 0.0799. The number of amides is 1. The van der Waals surface area contributed by atoms with E-state index in [1.807, 2.05) is 6.07 Å². The average molecular weight is 585 g/mol.